The highest BCUT2D eigenvalue weighted by Crippen LogP contribution is 1.93. The Morgan fingerprint density at radius 3 is 2.36 bits per heavy atom. The summed E-state index contributed by atoms with van der Waals surface area (Å²) in [5.74, 6) is 2.54. The Balaban J connectivity index is 3.55. The van der Waals surface area contributed by atoms with Crippen molar-refractivity contribution < 1.29 is 9.47 Å². The van der Waals surface area contributed by atoms with Crippen LogP contribution in [0.1, 0.15) is 0 Å². The molecule has 3 nitrogen and oxygen atoms in total. The van der Waals surface area contributed by atoms with Gasteiger partial charge in [0.15, 0.2) is 6.29 Å². The first kappa shape index (κ1) is 10.4. The topological polar surface area (TPSA) is 21.7 Å². The summed E-state index contributed by atoms with van der Waals surface area (Å²) in [4.78, 5) is 1.96. The maximum absolute atomic E-state index is 5.11. The minimum atomic E-state index is -0.187. The van der Waals surface area contributed by atoms with E-state index in [1.54, 1.807) is 14.2 Å². The molecule has 0 aliphatic heterocycles. The van der Waals surface area contributed by atoms with Crippen molar-refractivity contribution in [1.82, 2.24) is 4.90 Å². The fourth-order valence-electron chi connectivity index (χ4n) is 0.720. The fourth-order valence-corrected chi connectivity index (χ4v) is 0.720. The summed E-state index contributed by atoms with van der Waals surface area (Å²) in [6.45, 7) is 1.31. The predicted octanol–water partition coefficient (Wildman–Crippen LogP) is 0.170. The number of nitrogens with zero attached hydrogens (tertiary/aromatic N) is 1. The zero-order valence-corrected chi connectivity index (χ0v) is 7.33. The van der Waals surface area contributed by atoms with Crippen molar-refractivity contribution in [2.45, 2.75) is 6.29 Å². The third-order valence-corrected chi connectivity index (χ3v) is 1.35. The van der Waals surface area contributed by atoms with Crippen molar-refractivity contribution in [2.75, 3.05) is 34.4 Å². The van der Waals surface area contributed by atoms with Gasteiger partial charge in [-0.2, -0.15) is 0 Å². The zero-order chi connectivity index (χ0) is 8.69. The number of terminal acetylenes is 1. The molecule has 0 aromatic carbocycles. The van der Waals surface area contributed by atoms with E-state index < -0.39 is 0 Å². The van der Waals surface area contributed by atoms with Crippen molar-refractivity contribution >= 4 is 0 Å². The molecule has 11 heavy (non-hydrogen) atoms. The van der Waals surface area contributed by atoms with Crippen LogP contribution in [0.2, 0.25) is 0 Å². The lowest BCUT2D eigenvalue weighted by Crippen LogP contribution is -2.31. The van der Waals surface area contributed by atoms with Crippen LogP contribution in [0.15, 0.2) is 0 Å². The van der Waals surface area contributed by atoms with Crippen LogP contribution in [0.3, 0.4) is 0 Å². The Morgan fingerprint density at radius 1 is 1.45 bits per heavy atom. The summed E-state index contributed by atoms with van der Waals surface area (Å²) in [6.07, 6.45) is 4.93. The number of ether oxygens (including phenoxy) is 2. The molecule has 0 radical (unpaired) electrons. The van der Waals surface area contributed by atoms with Crippen molar-refractivity contribution in [3.05, 3.63) is 0 Å². The Morgan fingerprint density at radius 2 is 2.00 bits per heavy atom. The van der Waals surface area contributed by atoms with E-state index in [1.165, 1.54) is 0 Å². The van der Waals surface area contributed by atoms with E-state index in [0.29, 0.717) is 13.1 Å². The fraction of sp³-hybridized carbons (Fsp3) is 0.750. The molecule has 0 heterocycles. The number of methoxy groups -OCH3 is 2. The molecule has 0 N–H and O–H groups in total. The maximum Gasteiger partial charge on any atom is 0.169 e. The van der Waals surface area contributed by atoms with Gasteiger partial charge in [-0.15, -0.1) is 6.42 Å². The van der Waals surface area contributed by atoms with Gasteiger partial charge in [0.05, 0.1) is 13.1 Å². The Labute approximate surface area is 68.3 Å². The highest BCUT2D eigenvalue weighted by atomic mass is 16.7. The molecular weight excluding hydrogens is 142 g/mol. The molecule has 0 saturated carbocycles. The first-order valence-electron chi connectivity index (χ1n) is 3.42. The normalized spacial score (nSPS) is 10.5. The summed E-state index contributed by atoms with van der Waals surface area (Å²) in [5, 5.41) is 0. The van der Waals surface area contributed by atoms with Crippen LogP contribution in [0.5, 0.6) is 0 Å². The van der Waals surface area contributed by atoms with Gasteiger partial charge >= 0.3 is 0 Å². The van der Waals surface area contributed by atoms with Gasteiger partial charge in [0.1, 0.15) is 0 Å². The third-order valence-electron chi connectivity index (χ3n) is 1.35. The maximum atomic E-state index is 5.11. The van der Waals surface area contributed by atoms with Gasteiger partial charge in [0.2, 0.25) is 0 Å². The minimum Gasteiger partial charge on any atom is -0.355 e. The van der Waals surface area contributed by atoms with Gasteiger partial charge in [-0.25, -0.2) is 0 Å². The molecule has 3 heteroatoms. The van der Waals surface area contributed by atoms with E-state index in [0.717, 1.165) is 0 Å². The van der Waals surface area contributed by atoms with E-state index in [9.17, 15) is 0 Å². The standard InChI is InChI=1S/C8H15NO2/c1-5-6-9(2)7-8(10-3)11-4/h1,8H,6-7H2,2-4H3. The third kappa shape index (κ3) is 4.79. The summed E-state index contributed by atoms with van der Waals surface area (Å²) in [5.41, 5.74) is 0. The van der Waals surface area contributed by atoms with Crippen molar-refractivity contribution in [3.63, 3.8) is 0 Å². The van der Waals surface area contributed by atoms with Crippen molar-refractivity contribution in [2.24, 2.45) is 0 Å². The number of hydrogen-bond acceptors (Lipinski definition) is 3. The highest BCUT2D eigenvalue weighted by Gasteiger charge is 2.07. The van der Waals surface area contributed by atoms with Crippen LogP contribution >= 0.6 is 0 Å². The van der Waals surface area contributed by atoms with Gasteiger partial charge < -0.3 is 9.47 Å². The quantitative estimate of drug-likeness (QED) is 0.419. The molecule has 0 spiro atoms. The second-order valence-corrected chi connectivity index (χ2v) is 2.30. The molecular formula is C8H15NO2. The van der Waals surface area contributed by atoms with Gasteiger partial charge in [0.25, 0.3) is 0 Å². The largest absolute Gasteiger partial charge is 0.355 e. The molecule has 0 aliphatic rings. The monoisotopic (exact) mass is 157 g/mol. The van der Waals surface area contributed by atoms with E-state index in [-0.39, 0.29) is 6.29 Å². The lowest BCUT2D eigenvalue weighted by atomic mass is 10.5. The molecule has 0 amide bonds. The molecule has 0 atom stereocenters. The van der Waals surface area contributed by atoms with E-state index in [4.69, 9.17) is 15.9 Å². The molecule has 0 saturated heterocycles. The molecule has 0 aromatic rings. The van der Waals surface area contributed by atoms with Crippen LogP contribution in [0, 0.1) is 12.3 Å². The zero-order valence-electron chi connectivity index (χ0n) is 7.33. The van der Waals surface area contributed by atoms with Crippen LogP contribution in [0.25, 0.3) is 0 Å². The number of hydrogen-bond donors (Lipinski definition) is 0. The van der Waals surface area contributed by atoms with E-state index >= 15 is 0 Å². The van der Waals surface area contributed by atoms with E-state index in [2.05, 4.69) is 5.92 Å². The molecule has 0 aliphatic carbocycles. The second kappa shape index (κ2) is 6.17. The number of rotatable bonds is 5. The lowest BCUT2D eigenvalue weighted by Gasteiger charge is -2.19. The Bertz CT molecular complexity index is 127. The molecule has 0 rings (SSSR count). The second-order valence-electron chi connectivity index (χ2n) is 2.30. The lowest BCUT2D eigenvalue weighted by molar-refractivity contribution is -0.112. The molecule has 0 aromatic heterocycles. The van der Waals surface area contributed by atoms with Crippen molar-refractivity contribution in [3.8, 4) is 12.3 Å². The highest BCUT2D eigenvalue weighted by molar-refractivity contribution is 4.87. The molecule has 0 bridgehead atoms. The average molecular weight is 157 g/mol. The predicted molar refractivity (Wildman–Crippen MR) is 44.1 cm³/mol. The smallest absolute Gasteiger partial charge is 0.169 e. The first-order chi connectivity index (χ1) is 5.24. The van der Waals surface area contributed by atoms with Gasteiger partial charge in [0, 0.05) is 14.2 Å². The number of likely N-dealkylation sites (N-methyl/N-ethyl adjacent to an activating group) is 1. The summed E-state index contributed by atoms with van der Waals surface area (Å²) < 4.78 is 9.97. The molecule has 0 fully saturated rings. The summed E-state index contributed by atoms with van der Waals surface area (Å²) in [6, 6.07) is 0. The SMILES string of the molecule is C#CCN(C)CC(OC)OC. The average Bonchev–Trinajstić information content (AvgIpc) is 2.01. The van der Waals surface area contributed by atoms with Crippen LogP contribution in [-0.4, -0.2) is 45.5 Å². The first-order valence-corrected chi connectivity index (χ1v) is 3.42. The van der Waals surface area contributed by atoms with Gasteiger partial charge in [-0.05, 0) is 7.05 Å². The molecule has 0 unspecified atom stereocenters. The van der Waals surface area contributed by atoms with E-state index in [1.807, 2.05) is 11.9 Å². The molecule has 64 valence electrons. The summed E-state index contributed by atoms with van der Waals surface area (Å²) in [7, 11) is 5.14. The van der Waals surface area contributed by atoms with Crippen LogP contribution in [-0.2, 0) is 9.47 Å². The van der Waals surface area contributed by atoms with Crippen molar-refractivity contribution in [1.29, 1.82) is 0 Å². The van der Waals surface area contributed by atoms with Crippen LogP contribution < -0.4 is 0 Å². The Hall–Kier alpha value is -0.560. The minimum absolute atomic E-state index is 0.187. The van der Waals surface area contributed by atoms with Crippen LogP contribution in [0.4, 0.5) is 0 Å². The Kier molecular flexibility index (Phi) is 5.86. The van der Waals surface area contributed by atoms with Gasteiger partial charge in [-0.3, -0.25) is 4.90 Å². The summed E-state index contributed by atoms with van der Waals surface area (Å²) >= 11 is 0. The van der Waals surface area contributed by atoms with Gasteiger partial charge in [-0.1, -0.05) is 5.92 Å².